The van der Waals surface area contributed by atoms with Crippen LogP contribution in [0.2, 0.25) is 0 Å². The van der Waals surface area contributed by atoms with Crippen molar-refractivity contribution in [3.05, 3.63) is 17.2 Å². The summed E-state index contributed by atoms with van der Waals surface area (Å²) in [6, 6.07) is 0.641. The zero-order chi connectivity index (χ0) is 13.1. The minimum Gasteiger partial charge on any atom is -0.328 e. The number of nitrogens with one attached hydrogen (secondary N) is 1. The van der Waals surface area contributed by atoms with Crippen LogP contribution < -0.4 is 5.32 Å². The lowest BCUT2D eigenvalue weighted by atomic mass is 10.1. The van der Waals surface area contributed by atoms with Gasteiger partial charge in [0.15, 0.2) is 0 Å². The molecule has 0 aromatic carbocycles. The highest BCUT2D eigenvalue weighted by molar-refractivity contribution is 5.22. The number of imidazole rings is 1. The second-order valence-electron chi connectivity index (χ2n) is 5.67. The highest BCUT2D eigenvalue weighted by atomic mass is 15.1. The van der Waals surface area contributed by atoms with Crippen molar-refractivity contribution in [2.75, 3.05) is 6.54 Å². The standard InChI is InChI=1S/C15H27N3/c1-5-7-12(6-2)18-14-8-9-16-10-13(14)17-15(18)11(3)4/h11-12,16H,5-10H2,1-4H3. The van der Waals surface area contributed by atoms with Crippen LogP contribution in [0, 0.1) is 0 Å². The van der Waals surface area contributed by atoms with Crippen molar-refractivity contribution in [2.45, 2.75) is 71.9 Å². The van der Waals surface area contributed by atoms with E-state index in [0.29, 0.717) is 12.0 Å². The van der Waals surface area contributed by atoms with Crippen LogP contribution in [0.1, 0.15) is 76.1 Å². The van der Waals surface area contributed by atoms with Gasteiger partial charge in [0, 0.05) is 37.2 Å². The Hall–Kier alpha value is -0.830. The van der Waals surface area contributed by atoms with Gasteiger partial charge in [-0.2, -0.15) is 0 Å². The zero-order valence-corrected chi connectivity index (χ0v) is 12.3. The third-order valence-corrected chi connectivity index (χ3v) is 3.93. The van der Waals surface area contributed by atoms with Crippen LogP contribution in [0.5, 0.6) is 0 Å². The van der Waals surface area contributed by atoms with Gasteiger partial charge in [0.25, 0.3) is 0 Å². The molecule has 3 heteroatoms. The van der Waals surface area contributed by atoms with E-state index in [0.717, 1.165) is 19.5 Å². The highest BCUT2D eigenvalue weighted by Gasteiger charge is 2.24. The highest BCUT2D eigenvalue weighted by Crippen LogP contribution is 2.29. The van der Waals surface area contributed by atoms with Crippen LogP contribution in [-0.2, 0) is 13.0 Å². The molecular weight excluding hydrogens is 222 g/mol. The molecule has 0 radical (unpaired) electrons. The van der Waals surface area contributed by atoms with Gasteiger partial charge in [-0.1, -0.05) is 34.1 Å². The van der Waals surface area contributed by atoms with E-state index in [9.17, 15) is 0 Å². The van der Waals surface area contributed by atoms with Gasteiger partial charge in [-0.3, -0.25) is 0 Å². The van der Waals surface area contributed by atoms with E-state index in [2.05, 4.69) is 37.6 Å². The Balaban J connectivity index is 2.44. The third kappa shape index (κ3) is 2.46. The summed E-state index contributed by atoms with van der Waals surface area (Å²) in [7, 11) is 0. The maximum absolute atomic E-state index is 4.90. The predicted molar refractivity (Wildman–Crippen MR) is 76.0 cm³/mol. The van der Waals surface area contributed by atoms with E-state index in [4.69, 9.17) is 4.98 Å². The largest absolute Gasteiger partial charge is 0.328 e. The smallest absolute Gasteiger partial charge is 0.112 e. The molecule has 102 valence electrons. The van der Waals surface area contributed by atoms with E-state index in [-0.39, 0.29) is 0 Å². The summed E-state index contributed by atoms with van der Waals surface area (Å²) in [5.41, 5.74) is 2.79. The lowest BCUT2D eigenvalue weighted by Crippen LogP contribution is -2.26. The monoisotopic (exact) mass is 249 g/mol. The first-order chi connectivity index (χ1) is 8.69. The number of rotatable bonds is 5. The number of aromatic nitrogens is 2. The average Bonchev–Trinajstić information content (AvgIpc) is 2.75. The van der Waals surface area contributed by atoms with Crippen LogP contribution in [0.25, 0.3) is 0 Å². The summed E-state index contributed by atoms with van der Waals surface area (Å²) in [6.07, 6.45) is 4.87. The topological polar surface area (TPSA) is 29.9 Å². The first-order valence-corrected chi connectivity index (χ1v) is 7.49. The summed E-state index contributed by atoms with van der Waals surface area (Å²) >= 11 is 0. The quantitative estimate of drug-likeness (QED) is 0.866. The molecule has 1 aromatic rings. The first-order valence-electron chi connectivity index (χ1n) is 7.49. The van der Waals surface area contributed by atoms with Crippen molar-refractivity contribution < 1.29 is 0 Å². The zero-order valence-electron chi connectivity index (χ0n) is 12.3. The van der Waals surface area contributed by atoms with Crippen molar-refractivity contribution in [3.8, 4) is 0 Å². The van der Waals surface area contributed by atoms with Crippen molar-refractivity contribution in [2.24, 2.45) is 0 Å². The Labute approximate surface area is 111 Å². The van der Waals surface area contributed by atoms with Crippen LogP contribution in [-0.4, -0.2) is 16.1 Å². The van der Waals surface area contributed by atoms with E-state index in [1.54, 1.807) is 0 Å². The fourth-order valence-corrected chi connectivity index (χ4v) is 3.02. The molecule has 0 bridgehead atoms. The number of hydrogen-bond donors (Lipinski definition) is 1. The molecule has 18 heavy (non-hydrogen) atoms. The third-order valence-electron chi connectivity index (χ3n) is 3.93. The van der Waals surface area contributed by atoms with Gasteiger partial charge in [0.1, 0.15) is 5.82 Å². The number of nitrogens with zero attached hydrogens (tertiary/aromatic N) is 2. The minimum atomic E-state index is 0.515. The number of hydrogen-bond acceptors (Lipinski definition) is 2. The lowest BCUT2D eigenvalue weighted by molar-refractivity contribution is 0.411. The Morgan fingerprint density at radius 2 is 2.11 bits per heavy atom. The fourth-order valence-electron chi connectivity index (χ4n) is 3.02. The van der Waals surface area contributed by atoms with Crippen LogP contribution in [0.4, 0.5) is 0 Å². The molecular formula is C15H27N3. The summed E-state index contributed by atoms with van der Waals surface area (Å²) in [6.45, 7) is 11.1. The van der Waals surface area contributed by atoms with Gasteiger partial charge in [-0.05, 0) is 12.8 Å². The molecule has 1 aromatic heterocycles. The predicted octanol–water partition coefficient (Wildman–Crippen LogP) is 3.40. The van der Waals surface area contributed by atoms with E-state index in [1.807, 2.05) is 0 Å². The molecule has 0 saturated heterocycles. The van der Waals surface area contributed by atoms with E-state index in [1.165, 1.54) is 36.5 Å². The van der Waals surface area contributed by atoms with Crippen molar-refractivity contribution >= 4 is 0 Å². The summed E-state index contributed by atoms with van der Waals surface area (Å²) < 4.78 is 2.57. The Morgan fingerprint density at radius 3 is 2.72 bits per heavy atom. The van der Waals surface area contributed by atoms with E-state index >= 15 is 0 Å². The molecule has 0 spiro atoms. The molecule has 0 saturated carbocycles. The Kier molecular flexibility index (Phi) is 4.44. The molecule has 0 aliphatic carbocycles. The van der Waals surface area contributed by atoms with Gasteiger partial charge < -0.3 is 9.88 Å². The molecule has 2 heterocycles. The van der Waals surface area contributed by atoms with Gasteiger partial charge in [-0.25, -0.2) is 4.98 Å². The lowest BCUT2D eigenvalue weighted by Gasteiger charge is -2.24. The molecule has 3 nitrogen and oxygen atoms in total. The Bertz CT molecular complexity index is 393. The summed E-state index contributed by atoms with van der Waals surface area (Å²) in [5, 5.41) is 3.43. The van der Waals surface area contributed by atoms with Crippen molar-refractivity contribution in [3.63, 3.8) is 0 Å². The van der Waals surface area contributed by atoms with Crippen LogP contribution in [0.15, 0.2) is 0 Å². The Morgan fingerprint density at radius 1 is 1.33 bits per heavy atom. The molecule has 1 N–H and O–H groups in total. The molecule has 2 rings (SSSR count). The molecule has 1 unspecified atom stereocenters. The second-order valence-corrected chi connectivity index (χ2v) is 5.67. The first kappa shape index (κ1) is 13.6. The average molecular weight is 249 g/mol. The van der Waals surface area contributed by atoms with Crippen molar-refractivity contribution in [1.29, 1.82) is 0 Å². The maximum atomic E-state index is 4.90. The molecule has 1 aliphatic heterocycles. The van der Waals surface area contributed by atoms with Crippen LogP contribution in [0.3, 0.4) is 0 Å². The van der Waals surface area contributed by atoms with Crippen LogP contribution >= 0.6 is 0 Å². The molecule has 1 atom stereocenters. The van der Waals surface area contributed by atoms with Gasteiger partial charge in [-0.15, -0.1) is 0 Å². The SMILES string of the molecule is CCCC(CC)n1c(C(C)C)nc2c1CCNC2. The van der Waals surface area contributed by atoms with Gasteiger partial charge in [0.2, 0.25) is 0 Å². The summed E-state index contributed by atoms with van der Waals surface area (Å²) in [5.74, 6) is 1.81. The fraction of sp³-hybridized carbons (Fsp3) is 0.800. The minimum absolute atomic E-state index is 0.515. The molecule has 1 aliphatic rings. The van der Waals surface area contributed by atoms with Crippen molar-refractivity contribution in [1.82, 2.24) is 14.9 Å². The molecule has 0 fully saturated rings. The number of fused-ring (bicyclic) bond motifs is 1. The van der Waals surface area contributed by atoms with Gasteiger partial charge in [0.05, 0.1) is 5.69 Å². The molecule has 0 amide bonds. The second kappa shape index (κ2) is 5.87. The normalized spacial score (nSPS) is 16.9. The van der Waals surface area contributed by atoms with Gasteiger partial charge >= 0.3 is 0 Å². The van der Waals surface area contributed by atoms with E-state index < -0.39 is 0 Å². The maximum Gasteiger partial charge on any atom is 0.112 e. The summed E-state index contributed by atoms with van der Waals surface area (Å²) in [4.78, 5) is 4.90.